The lowest BCUT2D eigenvalue weighted by molar-refractivity contribution is -0.137. The quantitative estimate of drug-likeness (QED) is 0.300. The number of hydrogen-bond acceptors (Lipinski definition) is 12. The van der Waals surface area contributed by atoms with Crippen molar-refractivity contribution in [1.29, 1.82) is 0 Å². The number of aromatic nitrogens is 3. The van der Waals surface area contributed by atoms with Crippen LogP contribution < -0.4 is 20.5 Å². The Labute approximate surface area is 220 Å². The molecule has 1 amide bonds. The normalized spacial score (nSPS) is 13.1. The van der Waals surface area contributed by atoms with Crippen LogP contribution in [0.5, 0.6) is 11.5 Å². The van der Waals surface area contributed by atoms with E-state index in [-0.39, 0.29) is 17.3 Å². The molecule has 0 saturated heterocycles. The van der Waals surface area contributed by atoms with Crippen molar-refractivity contribution in [3.63, 3.8) is 0 Å². The van der Waals surface area contributed by atoms with Gasteiger partial charge in [-0.1, -0.05) is 24.8 Å². The summed E-state index contributed by atoms with van der Waals surface area (Å²) in [6, 6.07) is 4.56. The van der Waals surface area contributed by atoms with Gasteiger partial charge in [0, 0.05) is 10.9 Å². The van der Waals surface area contributed by atoms with Crippen LogP contribution in [0.1, 0.15) is 29.7 Å². The summed E-state index contributed by atoms with van der Waals surface area (Å²) >= 11 is 2.24. The van der Waals surface area contributed by atoms with Crippen molar-refractivity contribution >= 4 is 51.9 Å². The van der Waals surface area contributed by atoms with Crippen molar-refractivity contribution in [2.24, 2.45) is 0 Å². The lowest BCUT2D eigenvalue weighted by Crippen LogP contribution is -2.27. The number of methoxy groups -OCH3 is 2. The fourth-order valence-electron chi connectivity index (χ4n) is 3.72. The molecule has 14 heteroatoms. The minimum absolute atomic E-state index is 0.0192. The van der Waals surface area contributed by atoms with Crippen molar-refractivity contribution in [3.8, 4) is 22.6 Å². The highest BCUT2D eigenvalue weighted by Crippen LogP contribution is 2.41. The topological polar surface area (TPSA) is 157 Å². The smallest absolute Gasteiger partial charge is 0.341 e. The van der Waals surface area contributed by atoms with Crippen LogP contribution in [-0.2, 0) is 19.1 Å². The van der Waals surface area contributed by atoms with Gasteiger partial charge in [-0.15, -0.1) is 21.5 Å². The number of carbonyl (C=O) groups is 3. The van der Waals surface area contributed by atoms with Crippen LogP contribution in [0, 0.1) is 0 Å². The number of fused-ring (bicyclic) bond motifs is 1. The second-order valence-electron chi connectivity index (χ2n) is 7.69. The van der Waals surface area contributed by atoms with E-state index >= 15 is 0 Å². The fraction of sp³-hybridized carbons (Fsp3) is 0.348. The summed E-state index contributed by atoms with van der Waals surface area (Å²) in [6.07, 6.45) is 0.341. The Hall–Kier alpha value is -3.78. The minimum atomic E-state index is -0.805. The van der Waals surface area contributed by atoms with Crippen LogP contribution in [0.4, 0.5) is 10.9 Å². The first kappa shape index (κ1) is 26.3. The van der Waals surface area contributed by atoms with Gasteiger partial charge in [0.25, 0.3) is 0 Å². The number of nitrogen functional groups attached to an aromatic ring is 1. The summed E-state index contributed by atoms with van der Waals surface area (Å²) in [5.74, 6) is -0.307. The van der Waals surface area contributed by atoms with E-state index in [1.54, 1.807) is 24.4 Å². The van der Waals surface area contributed by atoms with Crippen LogP contribution in [0.2, 0.25) is 0 Å². The van der Waals surface area contributed by atoms with Gasteiger partial charge in [-0.25, -0.2) is 4.79 Å². The molecule has 0 aliphatic carbocycles. The number of amides is 1. The molecule has 0 fully saturated rings. The maximum absolute atomic E-state index is 13.4. The van der Waals surface area contributed by atoms with Gasteiger partial charge in [-0.2, -0.15) is 0 Å². The second kappa shape index (κ2) is 11.5. The molecule has 12 nitrogen and oxygen atoms in total. The molecule has 1 aliphatic rings. The molecule has 37 heavy (non-hydrogen) atoms. The number of nitrogens with two attached hydrogens (primary N) is 1. The van der Waals surface area contributed by atoms with E-state index in [4.69, 9.17) is 19.9 Å². The molecular formula is C23H25N5O7S2. The fourth-order valence-corrected chi connectivity index (χ4v) is 5.50. The number of esters is 2. The molecule has 3 aromatic rings. The largest absolute Gasteiger partial charge is 0.486 e. The van der Waals surface area contributed by atoms with Crippen LogP contribution >= 0.6 is 23.1 Å². The lowest BCUT2D eigenvalue weighted by atomic mass is 10.0. The monoisotopic (exact) mass is 547 g/mol. The van der Waals surface area contributed by atoms with Crippen molar-refractivity contribution in [1.82, 2.24) is 14.8 Å². The lowest BCUT2D eigenvalue weighted by Gasteiger charge is -2.19. The standard InChI is InChI=1S/C23H25N5O7S2/c1-4-14(28-22(24)26-27-23(28)37-11-17(29)32-2)19(30)25-20-18(21(31)33-3)13(10-36-20)12-5-6-15-16(9-12)35-8-7-34-15/h5-6,9-10,14H,4,7-8,11H2,1-3H3,(H2,24,26)(H,25,30). The van der Waals surface area contributed by atoms with Gasteiger partial charge >= 0.3 is 11.9 Å². The Morgan fingerprint density at radius 2 is 1.95 bits per heavy atom. The summed E-state index contributed by atoms with van der Waals surface area (Å²) in [7, 11) is 2.56. The Morgan fingerprint density at radius 3 is 2.65 bits per heavy atom. The third-order valence-corrected chi connectivity index (χ3v) is 7.32. The highest BCUT2D eigenvalue weighted by molar-refractivity contribution is 7.99. The molecule has 0 spiro atoms. The number of rotatable bonds is 9. The van der Waals surface area contributed by atoms with Crippen molar-refractivity contribution in [2.75, 3.05) is 44.2 Å². The van der Waals surface area contributed by atoms with Crippen LogP contribution in [0.25, 0.3) is 11.1 Å². The molecule has 0 bridgehead atoms. The van der Waals surface area contributed by atoms with E-state index in [2.05, 4.69) is 20.3 Å². The van der Waals surface area contributed by atoms with Gasteiger partial charge in [0.1, 0.15) is 29.8 Å². The molecule has 1 aliphatic heterocycles. The van der Waals surface area contributed by atoms with E-state index in [1.807, 2.05) is 6.07 Å². The summed E-state index contributed by atoms with van der Waals surface area (Å²) < 4.78 is 22.4. The van der Waals surface area contributed by atoms with Gasteiger partial charge in [0.15, 0.2) is 16.7 Å². The number of thiophene rings is 1. The van der Waals surface area contributed by atoms with E-state index in [1.165, 1.54) is 30.1 Å². The molecule has 1 aromatic carbocycles. The maximum Gasteiger partial charge on any atom is 0.341 e. The van der Waals surface area contributed by atoms with Crippen molar-refractivity contribution in [2.45, 2.75) is 24.5 Å². The molecule has 3 N–H and O–H groups in total. The number of nitrogens with one attached hydrogen (secondary N) is 1. The minimum Gasteiger partial charge on any atom is -0.486 e. The summed E-state index contributed by atoms with van der Waals surface area (Å²) in [5.41, 5.74) is 7.51. The molecule has 196 valence electrons. The zero-order chi connectivity index (χ0) is 26.5. The van der Waals surface area contributed by atoms with Gasteiger partial charge in [0.2, 0.25) is 11.9 Å². The maximum atomic E-state index is 13.4. The summed E-state index contributed by atoms with van der Waals surface area (Å²) in [5, 5.41) is 13.1. The zero-order valence-corrected chi connectivity index (χ0v) is 21.9. The van der Waals surface area contributed by atoms with Gasteiger partial charge in [-0.3, -0.25) is 14.2 Å². The first-order valence-corrected chi connectivity index (χ1v) is 13.0. The highest BCUT2D eigenvalue weighted by atomic mass is 32.2. The number of thioether (sulfide) groups is 1. The Bertz CT molecular complexity index is 1320. The average Bonchev–Trinajstić information content (AvgIpc) is 3.50. The third kappa shape index (κ3) is 5.49. The Morgan fingerprint density at radius 1 is 1.19 bits per heavy atom. The van der Waals surface area contributed by atoms with E-state index in [9.17, 15) is 14.4 Å². The number of ether oxygens (including phenoxy) is 4. The van der Waals surface area contributed by atoms with Crippen LogP contribution in [-0.4, -0.2) is 65.8 Å². The molecule has 1 atom stereocenters. The molecule has 0 saturated carbocycles. The van der Waals surface area contributed by atoms with Crippen molar-refractivity contribution < 1.29 is 33.3 Å². The predicted molar refractivity (Wildman–Crippen MR) is 137 cm³/mol. The first-order chi connectivity index (χ1) is 17.9. The predicted octanol–water partition coefficient (Wildman–Crippen LogP) is 3.00. The second-order valence-corrected chi connectivity index (χ2v) is 9.51. The number of carbonyl (C=O) groups excluding carboxylic acids is 3. The summed E-state index contributed by atoms with van der Waals surface area (Å²) in [4.78, 5) is 37.8. The number of benzene rings is 1. The van der Waals surface area contributed by atoms with Gasteiger partial charge in [0.05, 0.1) is 20.0 Å². The zero-order valence-electron chi connectivity index (χ0n) is 20.3. The third-order valence-electron chi connectivity index (χ3n) is 5.51. The molecule has 4 rings (SSSR count). The van der Waals surface area contributed by atoms with Crippen molar-refractivity contribution in [3.05, 3.63) is 29.1 Å². The SMILES string of the molecule is CCC(C(=O)Nc1scc(-c2ccc3c(c2)OCCO3)c1C(=O)OC)n1c(N)nnc1SCC(=O)OC. The number of anilines is 2. The van der Waals surface area contributed by atoms with Gasteiger partial charge in [-0.05, 0) is 24.1 Å². The average molecular weight is 548 g/mol. The van der Waals surface area contributed by atoms with Crippen LogP contribution in [0.3, 0.4) is 0 Å². The highest BCUT2D eigenvalue weighted by Gasteiger charge is 2.29. The van der Waals surface area contributed by atoms with Gasteiger partial charge < -0.3 is 30.0 Å². The Balaban J connectivity index is 1.63. The summed E-state index contributed by atoms with van der Waals surface area (Å²) in [6.45, 7) is 2.69. The molecule has 1 unspecified atom stereocenters. The molecule has 0 radical (unpaired) electrons. The van der Waals surface area contributed by atoms with Crippen LogP contribution in [0.15, 0.2) is 28.7 Å². The van der Waals surface area contributed by atoms with E-state index in [0.717, 1.165) is 11.8 Å². The Kier molecular flexibility index (Phi) is 8.18. The molecule has 3 heterocycles. The number of hydrogen-bond donors (Lipinski definition) is 2. The molecular weight excluding hydrogens is 522 g/mol. The van der Waals surface area contributed by atoms with E-state index in [0.29, 0.717) is 52.4 Å². The molecule has 2 aromatic heterocycles. The van der Waals surface area contributed by atoms with E-state index < -0.39 is 23.9 Å². The number of nitrogens with zero attached hydrogens (tertiary/aromatic N) is 3. The first-order valence-electron chi connectivity index (χ1n) is 11.2.